The summed E-state index contributed by atoms with van der Waals surface area (Å²) in [5.74, 6) is -1.01. The minimum absolute atomic E-state index is 0.155. The molecule has 0 atom stereocenters. The maximum Gasteiger partial charge on any atom is 0.345 e. The molecular formula is C12H13N3O4. The number of hydrogen-bond donors (Lipinski definition) is 2. The number of hydrogen-bond acceptors (Lipinski definition) is 4. The Morgan fingerprint density at radius 2 is 2.05 bits per heavy atom. The van der Waals surface area contributed by atoms with E-state index in [1.165, 1.54) is 12.1 Å². The predicted octanol–water partition coefficient (Wildman–Crippen LogP) is -0.00400. The number of aromatic amines is 1. The molecule has 100 valence electrons. The second kappa shape index (κ2) is 4.43. The number of nitrogens with zero attached hydrogens (tertiary/aromatic N) is 2. The summed E-state index contributed by atoms with van der Waals surface area (Å²) in [6, 6.07) is 4.61. The number of fused-ring (bicyclic) bond motifs is 1. The number of aromatic nitrogens is 2. The van der Waals surface area contributed by atoms with E-state index >= 15 is 0 Å². The Balaban J connectivity index is 2.11. The third-order valence-electron chi connectivity index (χ3n) is 3.18. The highest BCUT2D eigenvalue weighted by Gasteiger charge is 2.17. The molecule has 2 aromatic rings. The molecule has 7 nitrogen and oxygen atoms in total. The van der Waals surface area contributed by atoms with Crippen LogP contribution in [0.3, 0.4) is 0 Å². The smallest absolute Gasteiger partial charge is 0.345 e. The maximum atomic E-state index is 12.0. The van der Waals surface area contributed by atoms with Gasteiger partial charge in [0.25, 0.3) is 0 Å². The van der Waals surface area contributed by atoms with Crippen molar-refractivity contribution in [3.63, 3.8) is 0 Å². The minimum atomic E-state index is -1.01. The number of carbonyl (C=O) groups is 1. The lowest BCUT2D eigenvalue weighted by Gasteiger charge is -2.29. The van der Waals surface area contributed by atoms with Gasteiger partial charge in [0, 0.05) is 0 Å². The van der Waals surface area contributed by atoms with Crippen LogP contribution in [-0.2, 0) is 4.74 Å². The van der Waals surface area contributed by atoms with Crippen molar-refractivity contribution in [2.75, 3.05) is 31.3 Å². The van der Waals surface area contributed by atoms with Crippen LogP contribution in [0.15, 0.2) is 23.0 Å². The monoisotopic (exact) mass is 263 g/mol. The average molecular weight is 263 g/mol. The van der Waals surface area contributed by atoms with E-state index in [2.05, 4.69) is 4.98 Å². The molecule has 0 unspecified atom stereocenters. The van der Waals surface area contributed by atoms with E-state index in [1.54, 1.807) is 10.7 Å². The largest absolute Gasteiger partial charge is 0.478 e. The lowest BCUT2D eigenvalue weighted by Crippen LogP contribution is -2.48. The van der Waals surface area contributed by atoms with E-state index in [1.807, 2.05) is 5.01 Å². The van der Waals surface area contributed by atoms with Gasteiger partial charge in [-0.2, -0.15) is 0 Å². The van der Waals surface area contributed by atoms with Crippen molar-refractivity contribution >= 4 is 17.0 Å². The third-order valence-corrected chi connectivity index (χ3v) is 3.18. The number of H-pyrrole nitrogens is 1. The molecule has 0 saturated carbocycles. The van der Waals surface area contributed by atoms with Gasteiger partial charge in [0.1, 0.15) is 0 Å². The summed E-state index contributed by atoms with van der Waals surface area (Å²) >= 11 is 0. The van der Waals surface area contributed by atoms with Gasteiger partial charge in [-0.3, -0.25) is 0 Å². The molecule has 1 saturated heterocycles. The fourth-order valence-electron chi connectivity index (χ4n) is 2.27. The maximum absolute atomic E-state index is 12.0. The lowest BCUT2D eigenvalue weighted by molar-refractivity contribution is 0.0697. The number of aromatic carboxylic acids is 1. The minimum Gasteiger partial charge on any atom is -0.478 e. The molecule has 2 heterocycles. The molecule has 1 fully saturated rings. The normalized spacial score (nSPS) is 15.9. The average Bonchev–Trinajstić information content (AvgIpc) is 2.74. The summed E-state index contributed by atoms with van der Waals surface area (Å²) in [6.45, 7) is 2.42. The molecule has 0 amide bonds. The Hall–Kier alpha value is -2.28. The van der Waals surface area contributed by atoms with E-state index < -0.39 is 5.97 Å². The summed E-state index contributed by atoms with van der Waals surface area (Å²) < 4.78 is 6.80. The van der Waals surface area contributed by atoms with Gasteiger partial charge in [0.2, 0.25) is 0 Å². The van der Waals surface area contributed by atoms with Crippen molar-refractivity contribution in [2.45, 2.75) is 0 Å². The van der Waals surface area contributed by atoms with Crippen LogP contribution in [0.4, 0.5) is 0 Å². The van der Waals surface area contributed by atoms with Gasteiger partial charge in [0.15, 0.2) is 0 Å². The van der Waals surface area contributed by atoms with Crippen molar-refractivity contribution in [1.29, 1.82) is 0 Å². The first-order valence-corrected chi connectivity index (χ1v) is 5.98. The number of carboxylic acids is 1. The second-order valence-electron chi connectivity index (χ2n) is 4.35. The van der Waals surface area contributed by atoms with E-state index in [-0.39, 0.29) is 11.3 Å². The second-order valence-corrected chi connectivity index (χ2v) is 4.35. The highest BCUT2D eigenvalue weighted by molar-refractivity contribution is 5.92. The number of morpholine rings is 1. The molecule has 0 radical (unpaired) electrons. The summed E-state index contributed by atoms with van der Waals surface area (Å²) in [6.07, 6.45) is 0. The molecule has 2 N–H and O–H groups in total. The number of benzene rings is 1. The van der Waals surface area contributed by atoms with Crippen molar-refractivity contribution < 1.29 is 14.6 Å². The van der Waals surface area contributed by atoms with Crippen molar-refractivity contribution in [3.05, 3.63) is 34.2 Å². The molecule has 1 aromatic carbocycles. The van der Waals surface area contributed by atoms with E-state index in [0.717, 1.165) is 0 Å². The molecule has 3 rings (SSSR count). The van der Waals surface area contributed by atoms with Crippen LogP contribution in [-0.4, -0.2) is 47.0 Å². The van der Waals surface area contributed by atoms with Crippen LogP contribution in [0, 0.1) is 0 Å². The topological polar surface area (TPSA) is 87.6 Å². The third kappa shape index (κ3) is 1.97. The van der Waals surface area contributed by atoms with Crippen LogP contribution in [0.2, 0.25) is 0 Å². The lowest BCUT2D eigenvalue weighted by atomic mass is 10.2. The molecule has 19 heavy (non-hydrogen) atoms. The highest BCUT2D eigenvalue weighted by Crippen LogP contribution is 2.14. The number of nitrogens with one attached hydrogen (secondary N) is 1. The summed E-state index contributed by atoms with van der Waals surface area (Å²) in [5, 5.41) is 10.8. The zero-order valence-electron chi connectivity index (χ0n) is 10.1. The van der Waals surface area contributed by atoms with Gasteiger partial charge in [-0.05, 0) is 18.2 Å². The van der Waals surface area contributed by atoms with Crippen LogP contribution in [0.25, 0.3) is 11.0 Å². The highest BCUT2D eigenvalue weighted by atomic mass is 16.5. The molecule has 1 aliphatic heterocycles. The van der Waals surface area contributed by atoms with E-state index in [4.69, 9.17) is 9.84 Å². The van der Waals surface area contributed by atoms with Crippen LogP contribution in [0.5, 0.6) is 0 Å². The Morgan fingerprint density at radius 1 is 1.32 bits per heavy atom. The Kier molecular flexibility index (Phi) is 2.75. The summed E-state index contributed by atoms with van der Waals surface area (Å²) in [7, 11) is 0. The van der Waals surface area contributed by atoms with Gasteiger partial charge >= 0.3 is 11.7 Å². The number of rotatable bonds is 2. The van der Waals surface area contributed by atoms with Crippen molar-refractivity contribution in [1.82, 2.24) is 9.66 Å². The molecule has 1 aliphatic rings. The van der Waals surface area contributed by atoms with Crippen LogP contribution < -0.4 is 10.7 Å². The van der Waals surface area contributed by atoms with Crippen LogP contribution in [0.1, 0.15) is 10.4 Å². The zero-order chi connectivity index (χ0) is 13.4. The van der Waals surface area contributed by atoms with Crippen molar-refractivity contribution in [2.24, 2.45) is 0 Å². The predicted molar refractivity (Wildman–Crippen MR) is 68.3 cm³/mol. The molecule has 0 spiro atoms. The van der Waals surface area contributed by atoms with Crippen molar-refractivity contribution in [3.8, 4) is 0 Å². The SMILES string of the molecule is O=C(O)c1ccc2c(c1)[nH]c(=O)n2N1CCOCC1. The molecule has 1 aromatic heterocycles. The van der Waals surface area contributed by atoms with Gasteiger partial charge in [-0.25, -0.2) is 14.3 Å². The molecule has 0 aliphatic carbocycles. The zero-order valence-corrected chi connectivity index (χ0v) is 10.1. The number of imidazole rings is 1. The van der Waals surface area contributed by atoms with Gasteiger partial charge in [-0.15, -0.1) is 0 Å². The standard InChI is InChI=1S/C12H13N3O4/c16-11(17)8-1-2-10-9(7-8)13-12(18)15(10)14-3-5-19-6-4-14/h1-2,7H,3-6H2,(H,13,18)(H,16,17). The number of carboxylic acid groups (broad SMARTS) is 1. The molecular weight excluding hydrogens is 250 g/mol. The van der Waals surface area contributed by atoms with Crippen LogP contribution >= 0.6 is 0 Å². The molecule has 7 heteroatoms. The summed E-state index contributed by atoms with van der Waals surface area (Å²) in [5.41, 5.74) is 1.09. The quantitative estimate of drug-likeness (QED) is 0.796. The Labute approximate surface area is 108 Å². The summed E-state index contributed by atoms with van der Waals surface area (Å²) in [4.78, 5) is 25.6. The van der Waals surface area contributed by atoms with E-state index in [9.17, 15) is 9.59 Å². The fraction of sp³-hybridized carbons (Fsp3) is 0.333. The first-order chi connectivity index (χ1) is 9.16. The molecule has 0 bridgehead atoms. The number of ether oxygens (including phenoxy) is 1. The Bertz CT molecular complexity index is 682. The Morgan fingerprint density at radius 3 is 2.74 bits per heavy atom. The van der Waals surface area contributed by atoms with Gasteiger partial charge in [0.05, 0.1) is 42.9 Å². The first-order valence-electron chi connectivity index (χ1n) is 5.98. The van der Waals surface area contributed by atoms with Gasteiger partial charge < -0.3 is 19.8 Å². The van der Waals surface area contributed by atoms with Gasteiger partial charge in [-0.1, -0.05) is 0 Å². The fourth-order valence-corrected chi connectivity index (χ4v) is 2.27. The first kappa shape index (κ1) is 11.8. The van der Waals surface area contributed by atoms with E-state index in [0.29, 0.717) is 37.3 Å².